The van der Waals surface area contributed by atoms with Crippen molar-refractivity contribution in [1.29, 1.82) is 0 Å². The van der Waals surface area contributed by atoms with Crippen molar-refractivity contribution in [3.8, 4) is 0 Å². The highest BCUT2D eigenvalue weighted by atomic mass is 35.5. The molecule has 0 aliphatic heterocycles. The van der Waals surface area contributed by atoms with Gasteiger partial charge in [0.1, 0.15) is 6.04 Å². The lowest BCUT2D eigenvalue weighted by molar-refractivity contribution is -0.138. The maximum absolute atomic E-state index is 12.4. The highest BCUT2D eigenvalue weighted by molar-refractivity contribution is 7.15. The van der Waals surface area contributed by atoms with E-state index in [1.165, 1.54) is 25.1 Å². The highest BCUT2D eigenvalue weighted by Gasteiger charge is 2.36. The smallest absolute Gasteiger partial charge is 0.340 e. The summed E-state index contributed by atoms with van der Waals surface area (Å²) in [7, 11) is 0. The number of anilines is 1. The SMILES string of the molecule is C[C@@H](NC(=O)c1cccc(Cl)c1Cl)C(=O)Nc1nnc(C(F)(F)F)s1. The van der Waals surface area contributed by atoms with E-state index in [0.29, 0.717) is 0 Å². The van der Waals surface area contributed by atoms with E-state index in [0.717, 1.165) is 0 Å². The first-order valence-corrected chi connectivity index (χ1v) is 8.13. The van der Waals surface area contributed by atoms with Gasteiger partial charge in [0.2, 0.25) is 16.0 Å². The maximum atomic E-state index is 12.4. The molecule has 0 bridgehead atoms. The van der Waals surface area contributed by atoms with Crippen LogP contribution < -0.4 is 10.6 Å². The van der Waals surface area contributed by atoms with Crippen LogP contribution >= 0.6 is 34.5 Å². The van der Waals surface area contributed by atoms with Crippen LogP contribution in [0.15, 0.2) is 18.2 Å². The van der Waals surface area contributed by atoms with Crippen molar-refractivity contribution in [3.63, 3.8) is 0 Å². The molecule has 0 unspecified atom stereocenters. The largest absolute Gasteiger partial charge is 0.445 e. The second-order valence-corrected chi connectivity index (χ2v) is 6.46. The number of amides is 2. The predicted octanol–water partition coefficient (Wildman–Crippen LogP) is 3.62. The van der Waals surface area contributed by atoms with Crippen molar-refractivity contribution in [3.05, 3.63) is 38.8 Å². The number of alkyl halides is 3. The maximum Gasteiger partial charge on any atom is 0.445 e. The molecule has 1 atom stereocenters. The molecule has 134 valence electrons. The van der Waals surface area contributed by atoms with Crippen molar-refractivity contribution in [2.45, 2.75) is 19.1 Å². The van der Waals surface area contributed by atoms with Crippen LogP contribution in [-0.2, 0) is 11.0 Å². The molecule has 0 saturated heterocycles. The first kappa shape index (κ1) is 19.4. The summed E-state index contributed by atoms with van der Waals surface area (Å²) in [6.45, 7) is 1.34. The molecule has 1 heterocycles. The molecule has 1 aromatic heterocycles. The number of nitrogens with one attached hydrogen (secondary N) is 2. The monoisotopic (exact) mass is 412 g/mol. The Bertz CT molecular complexity index is 813. The molecule has 12 heteroatoms. The molecule has 2 amide bonds. The van der Waals surface area contributed by atoms with Crippen LogP contribution in [0.3, 0.4) is 0 Å². The Morgan fingerprint density at radius 2 is 1.92 bits per heavy atom. The van der Waals surface area contributed by atoms with Gasteiger partial charge in [0.25, 0.3) is 5.91 Å². The number of nitrogens with zero attached hydrogens (tertiary/aromatic N) is 2. The molecule has 25 heavy (non-hydrogen) atoms. The number of hydrogen-bond acceptors (Lipinski definition) is 5. The Labute approximate surface area is 153 Å². The Kier molecular flexibility index (Phi) is 5.86. The number of halogens is 5. The summed E-state index contributed by atoms with van der Waals surface area (Å²) < 4.78 is 37.3. The zero-order chi connectivity index (χ0) is 18.8. The van der Waals surface area contributed by atoms with Gasteiger partial charge < -0.3 is 5.32 Å². The fourth-order valence-electron chi connectivity index (χ4n) is 1.62. The number of rotatable bonds is 4. The quantitative estimate of drug-likeness (QED) is 0.802. The molecule has 0 saturated carbocycles. The Morgan fingerprint density at radius 1 is 1.24 bits per heavy atom. The average molecular weight is 413 g/mol. The molecular formula is C13H9Cl2F3N4O2S. The van der Waals surface area contributed by atoms with Crippen LogP contribution in [0.5, 0.6) is 0 Å². The van der Waals surface area contributed by atoms with Crippen LogP contribution in [0.1, 0.15) is 22.3 Å². The van der Waals surface area contributed by atoms with Crippen molar-refractivity contribution in [2.24, 2.45) is 0 Å². The zero-order valence-corrected chi connectivity index (χ0v) is 14.6. The third-order valence-electron chi connectivity index (χ3n) is 2.83. The molecule has 0 aliphatic rings. The molecule has 6 nitrogen and oxygen atoms in total. The second kappa shape index (κ2) is 7.54. The molecule has 2 rings (SSSR count). The topological polar surface area (TPSA) is 84.0 Å². The normalized spacial score (nSPS) is 12.6. The van der Waals surface area contributed by atoms with Crippen LogP contribution in [0.2, 0.25) is 10.0 Å². The summed E-state index contributed by atoms with van der Waals surface area (Å²) in [5, 5.41) is 9.35. The Morgan fingerprint density at radius 3 is 2.52 bits per heavy atom. The third kappa shape index (κ3) is 4.80. The van der Waals surface area contributed by atoms with Gasteiger partial charge in [-0.05, 0) is 19.1 Å². The van der Waals surface area contributed by atoms with Gasteiger partial charge in [0.15, 0.2) is 0 Å². The summed E-state index contributed by atoms with van der Waals surface area (Å²) in [6, 6.07) is 3.34. The van der Waals surface area contributed by atoms with E-state index in [2.05, 4.69) is 20.8 Å². The molecule has 2 N–H and O–H groups in total. The van der Waals surface area contributed by atoms with Crippen LogP contribution in [0.25, 0.3) is 0 Å². The van der Waals surface area contributed by atoms with Gasteiger partial charge in [0, 0.05) is 0 Å². The minimum atomic E-state index is -4.65. The summed E-state index contributed by atoms with van der Waals surface area (Å²) in [5.74, 6) is -1.43. The van der Waals surface area contributed by atoms with Crippen LogP contribution in [-0.4, -0.2) is 28.1 Å². The van der Waals surface area contributed by atoms with E-state index in [9.17, 15) is 22.8 Å². The van der Waals surface area contributed by atoms with Crippen molar-refractivity contribution < 1.29 is 22.8 Å². The number of carbonyl (C=O) groups excluding carboxylic acids is 2. The van der Waals surface area contributed by atoms with Gasteiger partial charge in [-0.1, -0.05) is 40.6 Å². The molecule has 0 radical (unpaired) electrons. The van der Waals surface area contributed by atoms with Gasteiger partial charge in [-0.3, -0.25) is 14.9 Å². The number of hydrogen-bond donors (Lipinski definition) is 2. The number of aromatic nitrogens is 2. The van der Waals surface area contributed by atoms with Gasteiger partial charge in [-0.2, -0.15) is 13.2 Å². The van der Waals surface area contributed by atoms with Crippen LogP contribution in [0, 0.1) is 0 Å². The van der Waals surface area contributed by atoms with Gasteiger partial charge >= 0.3 is 6.18 Å². The lowest BCUT2D eigenvalue weighted by Gasteiger charge is -2.13. The van der Waals surface area contributed by atoms with E-state index in [-0.39, 0.29) is 32.1 Å². The van der Waals surface area contributed by atoms with Gasteiger partial charge in [0.05, 0.1) is 15.6 Å². The summed E-state index contributed by atoms with van der Waals surface area (Å²) in [5.41, 5.74) is 0.0593. The van der Waals surface area contributed by atoms with E-state index in [4.69, 9.17) is 23.2 Å². The fraction of sp³-hybridized carbons (Fsp3) is 0.231. The molecule has 0 fully saturated rings. The second-order valence-electron chi connectivity index (χ2n) is 4.70. The van der Waals surface area contributed by atoms with Crippen molar-refractivity contribution in [1.82, 2.24) is 15.5 Å². The minimum Gasteiger partial charge on any atom is -0.340 e. The average Bonchev–Trinajstić information content (AvgIpc) is 2.98. The molecule has 0 spiro atoms. The summed E-state index contributed by atoms with van der Waals surface area (Å²) in [6.07, 6.45) is -4.65. The number of carbonyl (C=O) groups is 2. The Balaban J connectivity index is 2.01. The van der Waals surface area contributed by atoms with Gasteiger partial charge in [-0.25, -0.2) is 0 Å². The molecular weight excluding hydrogens is 404 g/mol. The molecule has 2 aromatic rings. The predicted molar refractivity (Wildman–Crippen MR) is 86.9 cm³/mol. The summed E-state index contributed by atoms with van der Waals surface area (Å²) >= 11 is 11.9. The number of benzene rings is 1. The Hall–Kier alpha value is -1.91. The summed E-state index contributed by atoms with van der Waals surface area (Å²) in [4.78, 5) is 24.1. The van der Waals surface area contributed by atoms with Crippen molar-refractivity contribution in [2.75, 3.05) is 5.32 Å². The fourth-order valence-corrected chi connectivity index (χ4v) is 2.62. The standard InChI is InChI=1S/C13H9Cl2F3N4O2S/c1-5(19-10(24)6-3-2-4-7(14)8(6)15)9(23)20-12-22-21-11(25-12)13(16,17)18/h2-5H,1H3,(H,19,24)(H,20,22,23)/t5-/m1/s1. The highest BCUT2D eigenvalue weighted by Crippen LogP contribution is 2.33. The van der Waals surface area contributed by atoms with Crippen LogP contribution in [0.4, 0.5) is 18.3 Å². The van der Waals surface area contributed by atoms with E-state index in [1.54, 1.807) is 0 Å². The lowest BCUT2D eigenvalue weighted by atomic mass is 10.2. The zero-order valence-electron chi connectivity index (χ0n) is 12.3. The third-order valence-corrected chi connectivity index (χ3v) is 4.54. The van der Waals surface area contributed by atoms with E-state index in [1.807, 2.05) is 0 Å². The van der Waals surface area contributed by atoms with E-state index < -0.39 is 29.0 Å². The first-order valence-electron chi connectivity index (χ1n) is 6.56. The molecule has 0 aliphatic carbocycles. The minimum absolute atomic E-state index is 0.0215. The van der Waals surface area contributed by atoms with Gasteiger partial charge in [-0.15, -0.1) is 10.2 Å². The lowest BCUT2D eigenvalue weighted by Crippen LogP contribution is -2.41. The first-order chi connectivity index (χ1) is 11.6. The van der Waals surface area contributed by atoms with Crippen molar-refractivity contribution >= 4 is 51.5 Å². The van der Waals surface area contributed by atoms with E-state index >= 15 is 0 Å². The molecule has 1 aromatic carbocycles.